The number of nitrogens with one attached hydrogen (secondary N) is 1. The fraction of sp³-hybridized carbons (Fsp3) is 0.417. The summed E-state index contributed by atoms with van der Waals surface area (Å²) in [5.41, 5.74) is 1.84. The van der Waals surface area contributed by atoms with Crippen molar-refractivity contribution in [2.45, 2.75) is 13.3 Å². The molecule has 1 N–H and O–H groups in total. The van der Waals surface area contributed by atoms with Gasteiger partial charge < -0.3 is 10.1 Å². The number of esters is 1. The van der Waals surface area contributed by atoms with Crippen molar-refractivity contribution in [2.24, 2.45) is 7.05 Å². The lowest BCUT2D eigenvalue weighted by Crippen LogP contribution is -2.08. The molecule has 0 aliphatic carbocycles. The maximum Gasteiger partial charge on any atom is 0.350 e. The normalized spacial score (nSPS) is 10.5. The first-order chi connectivity index (χ1) is 9.11. The van der Waals surface area contributed by atoms with Gasteiger partial charge in [-0.2, -0.15) is 5.10 Å². The van der Waals surface area contributed by atoms with E-state index in [1.165, 1.54) is 18.4 Å². The van der Waals surface area contributed by atoms with E-state index in [4.69, 9.17) is 4.74 Å². The Labute approximate surface area is 115 Å². The van der Waals surface area contributed by atoms with Gasteiger partial charge in [-0.05, 0) is 13.0 Å². The Morgan fingerprint density at radius 3 is 3.00 bits per heavy atom. The van der Waals surface area contributed by atoms with Gasteiger partial charge in [-0.1, -0.05) is 11.3 Å². The van der Waals surface area contributed by atoms with Crippen molar-refractivity contribution >= 4 is 22.4 Å². The van der Waals surface area contributed by atoms with Gasteiger partial charge in [0.05, 0.1) is 12.8 Å². The number of hydrogen-bond acceptors (Lipinski definition) is 6. The molecule has 0 atom stereocenters. The Morgan fingerprint density at radius 1 is 1.58 bits per heavy atom. The molecule has 0 aromatic carbocycles. The molecule has 19 heavy (non-hydrogen) atoms. The van der Waals surface area contributed by atoms with E-state index in [2.05, 4.69) is 15.4 Å². The largest absolute Gasteiger partial charge is 0.465 e. The average Bonchev–Trinajstić information content (AvgIpc) is 2.96. The summed E-state index contributed by atoms with van der Waals surface area (Å²) >= 11 is 1.31. The second-order valence-electron chi connectivity index (χ2n) is 4.05. The van der Waals surface area contributed by atoms with Crippen LogP contribution in [0.1, 0.15) is 21.1 Å². The highest BCUT2D eigenvalue weighted by molar-refractivity contribution is 7.17. The first kappa shape index (κ1) is 13.5. The van der Waals surface area contributed by atoms with Gasteiger partial charge in [0.25, 0.3) is 0 Å². The number of anilines is 1. The molecule has 0 radical (unpaired) electrons. The fourth-order valence-corrected chi connectivity index (χ4v) is 2.61. The van der Waals surface area contributed by atoms with Gasteiger partial charge in [0, 0.05) is 31.9 Å². The maximum atomic E-state index is 11.5. The number of nitrogens with zero attached hydrogens (tertiary/aromatic N) is 3. The van der Waals surface area contributed by atoms with Crippen molar-refractivity contribution in [1.82, 2.24) is 14.8 Å². The summed E-state index contributed by atoms with van der Waals surface area (Å²) in [5, 5.41) is 8.05. The van der Waals surface area contributed by atoms with Gasteiger partial charge in [0.2, 0.25) is 0 Å². The van der Waals surface area contributed by atoms with Gasteiger partial charge >= 0.3 is 5.97 Å². The first-order valence-corrected chi connectivity index (χ1v) is 6.70. The number of ether oxygens (including phenoxy) is 1. The molecule has 6 nitrogen and oxygen atoms in total. The van der Waals surface area contributed by atoms with Crippen molar-refractivity contribution in [1.29, 1.82) is 0 Å². The monoisotopic (exact) mass is 280 g/mol. The third-order valence-electron chi connectivity index (χ3n) is 2.75. The Bertz CT molecular complexity index is 576. The van der Waals surface area contributed by atoms with E-state index in [9.17, 15) is 4.79 Å². The highest BCUT2D eigenvalue weighted by Gasteiger charge is 2.15. The predicted molar refractivity (Wildman–Crippen MR) is 73.6 cm³/mol. The topological polar surface area (TPSA) is 69.0 Å². The van der Waals surface area contributed by atoms with Crippen LogP contribution in [0.4, 0.5) is 5.13 Å². The maximum absolute atomic E-state index is 11.5. The molecule has 2 aromatic heterocycles. The quantitative estimate of drug-likeness (QED) is 0.843. The van der Waals surface area contributed by atoms with Crippen molar-refractivity contribution < 1.29 is 9.53 Å². The predicted octanol–water partition coefficient (Wildman–Crippen LogP) is 1.63. The number of aromatic nitrogens is 3. The zero-order valence-corrected chi connectivity index (χ0v) is 12.0. The molecule has 7 heteroatoms. The summed E-state index contributed by atoms with van der Waals surface area (Å²) in [4.78, 5) is 16.3. The number of methoxy groups -OCH3 is 1. The Kier molecular flexibility index (Phi) is 4.16. The SMILES string of the molecule is COC(=O)c1sc(NCCc2ccnn2C)nc1C. The van der Waals surface area contributed by atoms with Crippen LogP contribution in [0.2, 0.25) is 0 Å². The van der Waals surface area contributed by atoms with Crippen LogP contribution in [0.3, 0.4) is 0 Å². The molecule has 0 bridgehead atoms. The summed E-state index contributed by atoms with van der Waals surface area (Å²) in [7, 11) is 3.29. The smallest absolute Gasteiger partial charge is 0.350 e. The molecule has 2 heterocycles. The van der Waals surface area contributed by atoms with E-state index in [0.717, 1.165) is 23.8 Å². The molecule has 0 saturated carbocycles. The summed E-state index contributed by atoms with van der Waals surface area (Å²) in [6.45, 7) is 2.54. The van der Waals surface area contributed by atoms with E-state index in [1.807, 2.05) is 17.8 Å². The second-order valence-corrected chi connectivity index (χ2v) is 5.05. The molecule has 0 spiro atoms. The van der Waals surface area contributed by atoms with Crippen LogP contribution >= 0.6 is 11.3 Å². The second kappa shape index (κ2) is 5.83. The zero-order chi connectivity index (χ0) is 13.8. The third kappa shape index (κ3) is 3.11. The lowest BCUT2D eigenvalue weighted by atomic mass is 10.3. The minimum Gasteiger partial charge on any atom is -0.465 e. The van der Waals surface area contributed by atoms with Crippen molar-refractivity contribution in [3.8, 4) is 0 Å². The van der Waals surface area contributed by atoms with E-state index in [-0.39, 0.29) is 5.97 Å². The molecule has 0 aliphatic rings. The average molecular weight is 280 g/mol. The van der Waals surface area contributed by atoms with Gasteiger partial charge in [-0.25, -0.2) is 9.78 Å². The minimum atomic E-state index is -0.338. The standard InChI is InChI=1S/C12H16N4O2S/c1-8-10(11(17)18-3)19-12(15-8)13-6-4-9-5-7-14-16(9)2/h5,7H,4,6H2,1-3H3,(H,13,15). The van der Waals surface area contributed by atoms with Gasteiger partial charge in [-0.15, -0.1) is 0 Å². The van der Waals surface area contributed by atoms with E-state index < -0.39 is 0 Å². The lowest BCUT2D eigenvalue weighted by molar-refractivity contribution is 0.0605. The highest BCUT2D eigenvalue weighted by Crippen LogP contribution is 2.23. The summed E-state index contributed by atoms with van der Waals surface area (Å²) in [6.07, 6.45) is 2.63. The number of aryl methyl sites for hydroxylation is 2. The van der Waals surface area contributed by atoms with Crippen LogP contribution in [0.15, 0.2) is 12.3 Å². The van der Waals surface area contributed by atoms with Crippen LogP contribution in [-0.2, 0) is 18.2 Å². The molecule has 0 unspecified atom stereocenters. The van der Waals surface area contributed by atoms with Crippen LogP contribution in [0, 0.1) is 6.92 Å². The van der Waals surface area contributed by atoms with Crippen LogP contribution in [-0.4, -0.2) is 34.4 Å². The Balaban J connectivity index is 1.93. The molecule has 0 saturated heterocycles. The number of thiazole rings is 1. The molecule has 0 amide bonds. The number of carbonyl (C=O) groups excluding carboxylic acids is 1. The zero-order valence-electron chi connectivity index (χ0n) is 11.1. The van der Waals surface area contributed by atoms with Crippen LogP contribution < -0.4 is 5.32 Å². The number of hydrogen-bond donors (Lipinski definition) is 1. The molecule has 2 aromatic rings. The van der Waals surface area contributed by atoms with E-state index in [1.54, 1.807) is 13.1 Å². The number of rotatable bonds is 5. The van der Waals surface area contributed by atoms with Gasteiger partial charge in [-0.3, -0.25) is 4.68 Å². The molecular formula is C12H16N4O2S. The molecule has 102 valence electrons. The van der Waals surface area contributed by atoms with Crippen molar-refractivity contribution in [2.75, 3.05) is 19.0 Å². The van der Waals surface area contributed by atoms with Crippen molar-refractivity contribution in [3.63, 3.8) is 0 Å². The van der Waals surface area contributed by atoms with Gasteiger partial charge in [0.15, 0.2) is 5.13 Å². The number of carbonyl (C=O) groups is 1. The highest BCUT2D eigenvalue weighted by atomic mass is 32.1. The summed E-state index contributed by atoms with van der Waals surface area (Å²) in [6, 6.07) is 1.98. The molecule has 2 rings (SSSR count). The minimum absolute atomic E-state index is 0.338. The van der Waals surface area contributed by atoms with Crippen molar-refractivity contribution in [3.05, 3.63) is 28.5 Å². The molecular weight excluding hydrogens is 264 g/mol. The molecule has 0 fully saturated rings. The fourth-order valence-electron chi connectivity index (χ4n) is 1.70. The van der Waals surface area contributed by atoms with E-state index in [0.29, 0.717) is 10.6 Å². The third-order valence-corrected chi connectivity index (χ3v) is 3.84. The Hall–Kier alpha value is -1.89. The van der Waals surface area contributed by atoms with Crippen LogP contribution in [0.25, 0.3) is 0 Å². The molecule has 0 aliphatic heterocycles. The summed E-state index contributed by atoms with van der Waals surface area (Å²) < 4.78 is 6.54. The van der Waals surface area contributed by atoms with Crippen LogP contribution in [0.5, 0.6) is 0 Å². The summed E-state index contributed by atoms with van der Waals surface area (Å²) in [5.74, 6) is -0.338. The Morgan fingerprint density at radius 2 is 2.37 bits per heavy atom. The lowest BCUT2D eigenvalue weighted by Gasteiger charge is -2.02. The van der Waals surface area contributed by atoms with Gasteiger partial charge in [0.1, 0.15) is 4.88 Å². The first-order valence-electron chi connectivity index (χ1n) is 5.88. The van der Waals surface area contributed by atoms with E-state index >= 15 is 0 Å².